The maximum Gasteiger partial charge on any atom is 0.411 e. The number of carbonyl (C=O) groups excluding carboxylic acids is 1. The van der Waals surface area contributed by atoms with E-state index in [1.165, 1.54) is 29.0 Å². The summed E-state index contributed by atoms with van der Waals surface area (Å²) in [4.78, 5) is 42.1. The maximum atomic E-state index is 13.6. The van der Waals surface area contributed by atoms with Crippen molar-refractivity contribution in [2.75, 3.05) is 43.0 Å². The number of rotatable bonds is 17. The summed E-state index contributed by atoms with van der Waals surface area (Å²) in [5.74, 6) is 1.13. The van der Waals surface area contributed by atoms with Gasteiger partial charge in [0, 0.05) is 51.5 Å². The second-order valence-corrected chi connectivity index (χ2v) is 13.1. The van der Waals surface area contributed by atoms with Crippen LogP contribution in [0.1, 0.15) is 83.6 Å². The fourth-order valence-corrected chi connectivity index (χ4v) is 6.64. The van der Waals surface area contributed by atoms with Crippen molar-refractivity contribution >= 4 is 29.0 Å². The van der Waals surface area contributed by atoms with E-state index in [2.05, 4.69) is 34.4 Å². The summed E-state index contributed by atoms with van der Waals surface area (Å²) in [6, 6.07) is 16.2. The number of imidazole rings is 1. The first-order chi connectivity index (χ1) is 23.9. The van der Waals surface area contributed by atoms with Gasteiger partial charge >= 0.3 is 6.09 Å². The number of fused-ring (bicyclic) bond motifs is 1. The van der Waals surface area contributed by atoms with Gasteiger partial charge in [-0.3, -0.25) is 4.79 Å². The Hall–Kier alpha value is -4.41. The molecule has 4 aromatic rings. The summed E-state index contributed by atoms with van der Waals surface area (Å²) in [5, 5.41) is 0. The second-order valence-electron chi connectivity index (χ2n) is 13.1. The zero-order valence-corrected chi connectivity index (χ0v) is 29.4. The average molecular weight is 674 g/mol. The number of nitrogens with zero attached hydrogens (tertiary/aromatic N) is 7. The number of carbonyl (C=O) groups is 1. The van der Waals surface area contributed by atoms with E-state index < -0.39 is 0 Å². The number of amides is 1. The summed E-state index contributed by atoms with van der Waals surface area (Å²) >= 11 is 0. The normalized spacial score (nSPS) is 13.6. The highest BCUT2D eigenvalue weighted by atomic mass is 19.1. The van der Waals surface area contributed by atoms with E-state index in [4.69, 9.17) is 9.72 Å². The van der Waals surface area contributed by atoms with Crippen LogP contribution in [0, 0.1) is 5.82 Å². The minimum atomic E-state index is -0.380. The summed E-state index contributed by atoms with van der Waals surface area (Å²) in [6.45, 7) is 7.61. The van der Waals surface area contributed by atoms with Crippen LogP contribution in [-0.4, -0.2) is 69.4 Å². The van der Waals surface area contributed by atoms with Gasteiger partial charge in [0.1, 0.15) is 5.82 Å². The molecule has 1 aliphatic heterocycles. The summed E-state index contributed by atoms with van der Waals surface area (Å²) < 4.78 is 23.1. The number of piperidine rings is 1. The number of ether oxygens (including phenoxy) is 1. The highest BCUT2D eigenvalue weighted by Gasteiger charge is 2.28. The lowest BCUT2D eigenvalue weighted by molar-refractivity contribution is 0.0732. The molecule has 0 bridgehead atoms. The van der Waals surface area contributed by atoms with Crippen molar-refractivity contribution in [1.29, 1.82) is 0 Å². The molecule has 1 saturated heterocycles. The van der Waals surface area contributed by atoms with E-state index in [0.717, 1.165) is 99.8 Å². The third kappa shape index (κ3) is 9.39. The largest absolute Gasteiger partial charge is 0.427 e. The first-order valence-electron chi connectivity index (χ1n) is 18.0. The van der Waals surface area contributed by atoms with Gasteiger partial charge in [-0.05, 0) is 55.5 Å². The molecule has 0 radical (unpaired) electrons. The highest BCUT2D eigenvalue weighted by Crippen LogP contribution is 2.28. The quantitative estimate of drug-likeness (QED) is 0.108. The SMILES string of the molecule is CCCCCCN(CCCCCC)C(=O)OCn1c(N(C)C2CCN(c3nc4ccccc4n3Cc3ccc(F)cc3)CC2)nccc1=O. The number of halogens is 1. The van der Waals surface area contributed by atoms with Crippen molar-refractivity contribution in [1.82, 2.24) is 24.0 Å². The lowest BCUT2D eigenvalue weighted by Gasteiger charge is -2.38. The molecule has 264 valence electrons. The van der Waals surface area contributed by atoms with Crippen LogP contribution in [-0.2, 0) is 18.0 Å². The van der Waals surface area contributed by atoms with Crippen LogP contribution in [0.2, 0.25) is 0 Å². The Bertz CT molecular complexity index is 1670. The minimum absolute atomic E-state index is 0.121. The first-order valence-corrected chi connectivity index (χ1v) is 18.0. The van der Waals surface area contributed by atoms with E-state index in [0.29, 0.717) is 25.6 Å². The Kier molecular flexibility index (Phi) is 13.1. The molecule has 49 heavy (non-hydrogen) atoms. The molecule has 10 nitrogen and oxygen atoms in total. The fraction of sp³-hybridized carbons (Fsp3) is 0.526. The van der Waals surface area contributed by atoms with Crippen LogP contribution in [0.4, 0.5) is 21.1 Å². The molecule has 0 spiro atoms. The molecule has 0 unspecified atom stereocenters. The molecule has 0 aliphatic carbocycles. The molecule has 5 rings (SSSR count). The molecule has 2 aromatic carbocycles. The van der Waals surface area contributed by atoms with E-state index in [1.54, 1.807) is 4.90 Å². The van der Waals surface area contributed by atoms with Crippen LogP contribution in [0.15, 0.2) is 65.6 Å². The molecular formula is C38H52FN7O3. The van der Waals surface area contributed by atoms with Crippen molar-refractivity contribution in [2.45, 2.75) is 97.4 Å². The molecule has 3 heterocycles. The van der Waals surface area contributed by atoms with E-state index in [-0.39, 0.29) is 30.2 Å². The van der Waals surface area contributed by atoms with Crippen LogP contribution in [0.3, 0.4) is 0 Å². The summed E-state index contributed by atoms with van der Waals surface area (Å²) in [5.41, 5.74) is 2.71. The molecule has 1 amide bonds. The van der Waals surface area contributed by atoms with Gasteiger partial charge in [0.05, 0.1) is 17.6 Å². The molecular weight excluding hydrogens is 621 g/mol. The number of benzene rings is 2. The van der Waals surface area contributed by atoms with Crippen LogP contribution in [0.25, 0.3) is 11.0 Å². The summed E-state index contributed by atoms with van der Waals surface area (Å²) in [6.07, 6.45) is 11.4. The standard InChI is InChI=1S/C38H52FN7O3/c1-4-6-8-12-24-44(25-13-9-7-5-2)38(48)49-29-46-35(47)20-23-40-36(46)42(3)32-21-26-43(27-22-32)37-41-33-14-10-11-15-34(33)45(37)28-30-16-18-31(39)19-17-30/h10-11,14-20,23,32H,4-9,12-13,21-22,24-29H2,1-3H3. The van der Waals surface area contributed by atoms with Crippen molar-refractivity contribution < 1.29 is 13.9 Å². The van der Waals surface area contributed by atoms with Crippen LogP contribution >= 0.6 is 0 Å². The third-order valence-electron chi connectivity index (χ3n) is 9.55. The lowest BCUT2D eigenvalue weighted by Crippen LogP contribution is -2.46. The highest BCUT2D eigenvalue weighted by molar-refractivity contribution is 5.79. The molecule has 0 saturated carbocycles. The minimum Gasteiger partial charge on any atom is -0.427 e. The number of anilines is 2. The molecule has 0 atom stereocenters. The van der Waals surface area contributed by atoms with Gasteiger partial charge in [-0.25, -0.2) is 23.7 Å². The number of aromatic nitrogens is 4. The number of hydrogen-bond donors (Lipinski definition) is 0. The molecule has 1 fully saturated rings. The van der Waals surface area contributed by atoms with Gasteiger partial charge in [0.2, 0.25) is 11.9 Å². The number of para-hydroxylation sites is 2. The molecule has 0 N–H and O–H groups in total. The van der Waals surface area contributed by atoms with Gasteiger partial charge in [-0.2, -0.15) is 0 Å². The second kappa shape index (κ2) is 17.8. The number of hydrogen-bond acceptors (Lipinski definition) is 7. The van der Waals surface area contributed by atoms with Gasteiger partial charge < -0.3 is 24.0 Å². The van der Waals surface area contributed by atoms with Crippen LogP contribution < -0.4 is 15.4 Å². The number of unbranched alkanes of at least 4 members (excludes halogenated alkanes) is 6. The van der Waals surface area contributed by atoms with Gasteiger partial charge in [0.15, 0.2) is 6.73 Å². The third-order valence-corrected chi connectivity index (χ3v) is 9.55. The Balaban J connectivity index is 1.24. The Morgan fingerprint density at radius 3 is 2.24 bits per heavy atom. The van der Waals surface area contributed by atoms with E-state index in [9.17, 15) is 14.0 Å². The van der Waals surface area contributed by atoms with E-state index >= 15 is 0 Å². The van der Waals surface area contributed by atoms with Crippen molar-refractivity contribution in [3.8, 4) is 0 Å². The predicted octanol–water partition coefficient (Wildman–Crippen LogP) is 7.44. The van der Waals surface area contributed by atoms with Gasteiger partial charge in [-0.15, -0.1) is 0 Å². The zero-order chi connectivity index (χ0) is 34.6. The molecule has 2 aromatic heterocycles. The smallest absolute Gasteiger partial charge is 0.411 e. The monoisotopic (exact) mass is 673 g/mol. The fourth-order valence-electron chi connectivity index (χ4n) is 6.64. The maximum absolute atomic E-state index is 13.6. The Labute approximate surface area is 289 Å². The molecule has 1 aliphatic rings. The van der Waals surface area contributed by atoms with Crippen molar-refractivity contribution in [3.63, 3.8) is 0 Å². The van der Waals surface area contributed by atoms with Crippen molar-refractivity contribution in [2.24, 2.45) is 0 Å². The zero-order valence-electron chi connectivity index (χ0n) is 29.4. The van der Waals surface area contributed by atoms with Gasteiger partial charge in [-0.1, -0.05) is 76.6 Å². The first kappa shape index (κ1) is 35.9. The average Bonchev–Trinajstić information content (AvgIpc) is 3.49. The van der Waals surface area contributed by atoms with E-state index in [1.807, 2.05) is 42.3 Å². The Morgan fingerprint density at radius 2 is 1.57 bits per heavy atom. The summed E-state index contributed by atoms with van der Waals surface area (Å²) in [7, 11) is 1.96. The van der Waals surface area contributed by atoms with Crippen LogP contribution in [0.5, 0.6) is 0 Å². The Morgan fingerprint density at radius 1 is 0.898 bits per heavy atom. The molecule has 11 heteroatoms. The van der Waals surface area contributed by atoms with Gasteiger partial charge in [0.25, 0.3) is 5.56 Å². The predicted molar refractivity (Wildman–Crippen MR) is 194 cm³/mol. The van der Waals surface area contributed by atoms with Crippen molar-refractivity contribution in [3.05, 3.63) is 82.5 Å². The topological polar surface area (TPSA) is 88.7 Å². The lowest BCUT2D eigenvalue weighted by atomic mass is 10.0.